The summed E-state index contributed by atoms with van der Waals surface area (Å²) in [5.74, 6) is 0.0790. The standard InChI is InChI=1S/C24H32N2O6S/c1-23-8-7-19(28)24(2,12-27)18(23)11-17-21(14(23)10-20(29)30)26-22(33-17)25-15-9-13(31-3)5-6-16(15)32-4/h5-6,9,14,18-19,27-28H,7-8,10-12H2,1-4H3,(H,25,26)(H,29,30)/t14-,18+,19-,23+,24+/m1/s1. The van der Waals surface area contributed by atoms with Gasteiger partial charge in [-0.15, -0.1) is 11.3 Å². The number of methoxy groups -OCH3 is 2. The molecule has 0 spiro atoms. The molecule has 5 atom stereocenters. The summed E-state index contributed by atoms with van der Waals surface area (Å²) in [6, 6.07) is 5.45. The maximum Gasteiger partial charge on any atom is 0.304 e. The molecule has 4 rings (SSSR count). The van der Waals surface area contributed by atoms with Gasteiger partial charge in [-0.25, -0.2) is 4.98 Å². The molecule has 1 aromatic carbocycles. The Hall–Kier alpha value is -2.36. The van der Waals surface area contributed by atoms with Gasteiger partial charge < -0.3 is 30.1 Å². The summed E-state index contributed by atoms with van der Waals surface area (Å²) in [7, 11) is 3.19. The third kappa shape index (κ3) is 3.96. The van der Waals surface area contributed by atoms with Gasteiger partial charge in [-0.2, -0.15) is 0 Å². The Kier molecular flexibility index (Phi) is 6.32. The van der Waals surface area contributed by atoms with Crippen LogP contribution in [0, 0.1) is 16.7 Å². The highest BCUT2D eigenvalue weighted by atomic mass is 32.1. The zero-order valence-electron chi connectivity index (χ0n) is 19.4. The average molecular weight is 477 g/mol. The first-order valence-electron chi connectivity index (χ1n) is 11.2. The van der Waals surface area contributed by atoms with Gasteiger partial charge in [0.05, 0.1) is 44.7 Å². The summed E-state index contributed by atoms with van der Waals surface area (Å²) < 4.78 is 10.8. The number of rotatable bonds is 7. The Morgan fingerprint density at radius 3 is 2.70 bits per heavy atom. The molecule has 1 saturated carbocycles. The first-order chi connectivity index (χ1) is 15.7. The van der Waals surface area contributed by atoms with Crippen molar-refractivity contribution in [1.29, 1.82) is 0 Å². The Balaban J connectivity index is 1.76. The van der Waals surface area contributed by atoms with Crippen LogP contribution in [0.2, 0.25) is 0 Å². The molecule has 1 aromatic heterocycles. The monoisotopic (exact) mass is 476 g/mol. The number of aliphatic hydroxyl groups is 2. The molecule has 0 amide bonds. The fourth-order valence-electron chi connectivity index (χ4n) is 5.90. The van der Waals surface area contributed by atoms with E-state index < -0.39 is 17.5 Å². The number of nitrogens with one attached hydrogen (secondary N) is 1. The van der Waals surface area contributed by atoms with Crippen LogP contribution in [0.5, 0.6) is 11.5 Å². The summed E-state index contributed by atoms with van der Waals surface area (Å²) in [5, 5.41) is 34.8. The van der Waals surface area contributed by atoms with Gasteiger partial charge in [-0.3, -0.25) is 4.79 Å². The van der Waals surface area contributed by atoms with Crippen LogP contribution in [-0.2, 0) is 11.2 Å². The normalized spacial score (nSPS) is 30.8. The molecule has 0 radical (unpaired) electrons. The molecule has 0 bridgehead atoms. The van der Waals surface area contributed by atoms with E-state index in [9.17, 15) is 20.1 Å². The average Bonchev–Trinajstić information content (AvgIpc) is 3.19. The van der Waals surface area contributed by atoms with Gasteiger partial charge in [-0.1, -0.05) is 13.8 Å². The van der Waals surface area contributed by atoms with E-state index in [2.05, 4.69) is 12.2 Å². The minimum absolute atomic E-state index is 0.0384. The highest BCUT2D eigenvalue weighted by Gasteiger charge is 2.59. The number of carboxylic acids is 1. The summed E-state index contributed by atoms with van der Waals surface area (Å²) in [5.41, 5.74) is 0.426. The fraction of sp³-hybridized carbons (Fsp3) is 0.583. The zero-order valence-corrected chi connectivity index (χ0v) is 20.2. The number of carbonyl (C=O) groups is 1. The van der Waals surface area contributed by atoms with E-state index in [0.717, 1.165) is 10.6 Å². The molecule has 1 heterocycles. The SMILES string of the molecule is COc1ccc(OC)c(Nc2nc3c(s2)C[C@@H]2[C@](C)(CO)[C@H](O)CC[C@@]2(C)[C@@H]3CC(=O)O)c1. The van der Waals surface area contributed by atoms with Crippen LogP contribution in [0.4, 0.5) is 10.8 Å². The molecule has 2 aliphatic carbocycles. The quantitative estimate of drug-likeness (QED) is 0.476. The van der Waals surface area contributed by atoms with E-state index in [-0.39, 0.29) is 30.3 Å². The lowest BCUT2D eigenvalue weighted by Gasteiger charge is -2.58. The number of benzene rings is 1. The van der Waals surface area contributed by atoms with E-state index >= 15 is 0 Å². The van der Waals surface area contributed by atoms with Crippen molar-refractivity contribution in [2.75, 3.05) is 26.1 Å². The van der Waals surface area contributed by atoms with Crippen LogP contribution in [0.25, 0.3) is 0 Å². The molecule has 0 unspecified atom stereocenters. The lowest BCUT2D eigenvalue weighted by atomic mass is 9.47. The van der Waals surface area contributed by atoms with Gasteiger partial charge in [0.15, 0.2) is 5.13 Å². The number of nitrogens with zero attached hydrogens (tertiary/aromatic N) is 1. The molecule has 1 fully saturated rings. The third-order valence-electron chi connectivity index (χ3n) is 7.92. The molecule has 9 heteroatoms. The Morgan fingerprint density at radius 2 is 2.06 bits per heavy atom. The van der Waals surface area contributed by atoms with Crippen molar-refractivity contribution >= 4 is 28.1 Å². The van der Waals surface area contributed by atoms with Crippen LogP contribution in [0.1, 0.15) is 49.6 Å². The predicted octanol–water partition coefficient (Wildman–Crippen LogP) is 3.79. The number of fused-ring (bicyclic) bond motifs is 2. The zero-order chi connectivity index (χ0) is 24.0. The lowest BCUT2D eigenvalue weighted by molar-refractivity contribution is -0.150. The predicted molar refractivity (Wildman–Crippen MR) is 126 cm³/mol. The van der Waals surface area contributed by atoms with Gasteiger partial charge in [0.2, 0.25) is 0 Å². The number of hydrogen-bond donors (Lipinski definition) is 4. The van der Waals surface area contributed by atoms with E-state index in [1.807, 2.05) is 25.1 Å². The highest BCUT2D eigenvalue weighted by Crippen LogP contribution is 2.62. The van der Waals surface area contributed by atoms with Gasteiger partial charge in [0, 0.05) is 22.3 Å². The van der Waals surface area contributed by atoms with Crippen molar-refractivity contribution in [2.45, 2.75) is 51.6 Å². The number of aromatic nitrogens is 1. The van der Waals surface area contributed by atoms with Crippen molar-refractivity contribution in [3.05, 3.63) is 28.8 Å². The molecule has 8 nitrogen and oxygen atoms in total. The van der Waals surface area contributed by atoms with Crippen LogP contribution >= 0.6 is 11.3 Å². The van der Waals surface area contributed by atoms with Crippen molar-refractivity contribution in [2.24, 2.45) is 16.7 Å². The van der Waals surface area contributed by atoms with Gasteiger partial charge in [-0.05, 0) is 42.7 Å². The number of ether oxygens (including phenoxy) is 2. The molecule has 0 saturated heterocycles. The van der Waals surface area contributed by atoms with Crippen LogP contribution in [-0.4, -0.2) is 53.2 Å². The number of anilines is 2. The Bertz CT molecular complexity index is 1040. The first-order valence-corrected chi connectivity index (χ1v) is 12.0. The summed E-state index contributed by atoms with van der Waals surface area (Å²) >= 11 is 1.49. The topological polar surface area (TPSA) is 121 Å². The number of hydrogen-bond acceptors (Lipinski definition) is 8. The summed E-state index contributed by atoms with van der Waals surface area (Å²) in [6.07, 6.45) is 1.20. The highest BCUT2D eigenvalue weighted by molar-refractivity contribution is 7.15. The van der Waals surface area contributed by atoms with E-state index in [1.54, 1.807) is 14.2 Å². The van der Waals surface area contributed by atoms with Crippen molar-refractivity contribution in [3.63, 3.8) is 0 Å². The molecule has 180 valence electrons. The van der Waals surface area contributed by atoms with Crippen molar-refractivity contribution in [1.82, 2.24) is 4.98 Å². The number of aliphatic carboxylic acids is 1. The van der Waals surface area contributed by atoms with E-state index in [0.29, 0.717) is 41.6 Å². The summed E-state index contributed by atoms with van der Waals surface area (Å²) in [4.78, 5) is 17.7. The first kappa shape index (κ1) is 23.8. The summed E-state index contributed by atoms with van der Waals surface area (Å²) in [6.45, 7) is 3.88. The maximum atomic E-state index is 11.9. The Morgan fingerprint density at radius 1 is 1.30 bits per heavy atom. The number of carboxylic acid groups (broad SMARTS) is 1. The molecular formula is C24H32N2O6S. The molecule has 33 heavy (non-hydrogen) atoms. The third-order valence-corrected chi connectivity index (χ3v) is 8.93. The molecule has 2 aliphatic rings. The van der Waals surface area contributed by atoms with Crippen LogP contribution in [0.3, 0.4) is 0 Å². The van der Waals surface area contributed by atoms with E-state index in [4.69, 9.17) is 14.5 Å². The minimum Gasteiger partial charge on any atom is -0.497 e. The Labute approximate surface area is 197 Å². The second-order valence-corrected chi connectivity index (χ2v) is 10.7. The van der Waals surface area contributed by atoms with Gasteiger partial charge in [0.25, 0.3) is 0 Å². The number of thiazole rings is 1. The molecule has 2 aromatic rings. The van der Waals surface area contributed by atoms with Crippen LogP contribution < -0.4 is 14.8 Å². The largest absolute Gasteiger partial charge is 0.497 e. The smallest absolute Gasteiger partial charge is 0.304 e. The minimum atomic E-state index is -0.873. The lowest BCUT2D eigenvalue weighted by Crippen LogP contribution is -2.57. The number of aliphatic hydroxyl groups excluding tert-OH is 2. The van der Waals surface area contributed by atoms with Gasteiger partial charge in [0.1, 0.15) is 11.5 Å². The van der Waals surface area contributed by atoms with Gasteiger partial charge >= 0.3 is 5.97 Å². The van der Waals surface area contributed by atoms with Crippen LogP contribution in [0.15, 0.2) is 18.2 Å². The van der Waals surface area contributed by atoms with Crippen molar-refractivity contribution in [3.8, 4) is 11.5 Å². The molecule has 0 aliphatic heterocycles. The van der Waals surface area contributed by atoms with E-state index in [1.165, 1.54) is 11.3 Å². The maximum absolute atomic E-state index is 11.9. The second kappa shape index (κ2) is 8.77. The fourth-order valence-corrected chi connectivity index (χ4v) is 6.98. The molecule has 4 N–H and O–H groups in total. The molecular weight excluding hydrogens is 444 g/mol. The van der Waals surface area contributed by atoms with Crippen molar-refractivity contribution < 1.29 is 29.6 Å². The second-order valence-electron chi connectivity index (χ2n) is 9.65.